The van der Waals surface area contributed by atoms with Gasteiger partial charge >= 0.3 is 0 Å². The molecule has 2 aromatic rings. The van der Waals surface area contributed by atoms with Crippen LogP contribution >= 0.6 is 11.3 Å². The van der Waals surface area contributed by atoms with Crippen LogP contribution in [-0.4, -0.2) is 18.1 Å². The third kappa shape index (κ3) is 0.998. The molecule has 2 nitrogen and oxygen atoms in total. The quantitative estimate of drug-likeness (QED) is 0.790. The lowest BCUT2D eigenvalue weighted by molar-refractivity contribution is 0.672. The molecule has 1 aliphatic carbocycles. The van der Waals surface area contributed by atoms with E-state index < -0.39 is 0 Å². The second kappa shape index (κ2) is 2.60. The van der Waals surface area contributed by atoms with Crippen LogP contribution in [0.5, 0.6) is 0 Å². The fourth-order valence-electron chi connectivity index (χ4n) is 2.76. The van der Waals surface area contributed by atoms with Gasteiger partial charge in [0.15, 0.2) is 0 Å². The molecule has 1 N–H and O–H groups in total. The number of piperidine rings is 1. The Kier molecular flexibility index (Phi) is 1.43. The van der Waals surface area contributed by atoms with Gasteiger partial charge in [-0.2, -0.15) is 0 Å². The largest absolute Gasteiger partial charge is 0.315 e. The normalized spacial score (nSPS) is 33.2. The zero-order valence-electron chi connectivity index (χ0n) is 8.36. The summed E-state index contributed by atoms with van der Waals surface area (Å²) in [7, 11) is 0. The van der Waals surface area contributed by atoms with E-state index in [4.69, 9.17) is 4.98 Å². The first-order valence-corrected chi connectivity index (χ1v) is 6.27. The molecule has 0 spiro atoms. The highest BCUT2D eigenvalue weighted by molar-refractivity contribution is 7.18. The first-order valence-electron chi connectivity index (χ1n) is 5.45. The molecule has 0 amide bonds. The van der Waals surface area contributed by atoms with Crippen LogP contribution in [0.25, 0.3) is 10.2 Å². The highest BCUT2D eigenvalue weighted by atomic mass is 32.1. The maximum absolute atomic E-state index is 4.79. The molecule has 1 saturated heterocycles. The molecule has 0 radical (unpaired) electrons. The minimum Gasteiger partial charge on any atom is -0.315 e. The minimum atomic E-state index is 0.420. The fraction of sp³-hybridized carbons (Fsp3) is 0.417. The lowest BCUT2D eigenvalue weighted by Gasteiger charge is -2.05. The van der Waals surface area contributed by atoms with Gasteiger partial charge in [-0.25, -0.2) is 4.98 Å². The molecule has 2 fully saturated rings. The van der Waals surface area contributed by atoms with Crippen molar-refractivity contribution in [3.63, 3.8) is 0 Å². The Labute approximate surface area is 92.3 Å². The number of para-hydroxylation sites is 1. The smallest absolute Gasteiger partial charge is 0.102 e. The summed E-state index contributed by atoms with van der Waals surface area (Å²) < 4.78 is 1.33. The second-order valence-electron chi connectivity index (χ2n) is 4.67. The van der Waals surface area contributed by atoms with Crippen molar-refractivity contribution in [2.24, 2.45) is 5.92 Å². The number of hydrogen-bond donors (Lipinski definition) is 1. The van der Waals surface area contributed by atoms with Crippen LogP contribution < -0.4 is 5.32 Å². The standard InChI is InChI=1S/C12H12N2S/c1-2-4-10-9(3-1)14-11(15-10)12-5-8(12)6-13-7-12/h1-4,8,13H,5-7H2/t8-,12-/m0/s1. The van der Waals surface area contributed by atoms with Crippen LogP contribution in [0.1, 0.15) is 11.4 Å². The molecule has 0 unspecified atom stereocenters. The van der Waals surface area contributed by atoms with E-state index in [2.05, 4.69) is 29.6 Å². The summed E-state index contributed by atoms with van der Waals surface area (Å²) in [6.07, 6.45) is 1.35. The van der Waals surface area contributed by atoms with E-state index in [0.29, 0.717) is 5.41 Å². The van der Waals surface area contributed by atoms with Crippen LogP contribution in [0.4, 0.5) is 0 Å². The second-order valence-corrected chi connectivity index (χ2v) is 5.71. The van der Waals surface area contributed by atoms with Gasteiger partial charge in [0.05, 0.1) is 10.2 Å². The summed E-state index contributed by atoms with van der Waals surface area (Å²) in [5.74, 6) is 0.859. The minimum absolute atomic E-state index is 0.420. The molecule has 1 aromatic carbocycles. The topological polar surface area (TPSA) is 24.9 Å². The third-order valence-corrected chi connectivity index (χ3v) is 5.04. The number of hydrogen-bond acceptors (Lipinski definition) is 3. The van der Waals surface area contributed by atoms with Crippen molar-refractivity contribution in [2.45, 2.75) is 11.8 Å². The summed E-state index contributed by atoms with van der Waals surface area (Å²) in [5, 5.41) is 4.83. The lowest BCUT2D eigenvalue weighted by atomic mass is 10.1. The van der Waals surface area contributed by atoms with Crippen LogP contribution in [0.2, 0.25) is 0 Å². The Bertz CT molecular complexity index is 500. The van der Waals surface area contributed by atoms with Crippen molar-refractivity contribution >= 4 is 21.6 Å². The van der Waals surface area contributed by atoms with Gasteiger partial charge in [0.1, 0.15) is 5.01 Å². The maximum Gasteiger partial charge on any atom is 0.102 e. The maximum atomic E-state index is 4.79. The molecule has 1 aromatic heterocycles. The average molecular weight is 216 g/mol. The van der Waals surface area contributed by atoms with Gasteiger partial charge in [-0.05, 0) is 31.0 Å². The number of nitrogens with zero attached hydrogens (tertiary/aromatic N) is 1. The molecule has 4 rings (SSSR count). The first kappa shape index (κ1) is 8.25. The van der Waals surface area contributed by atoms with E-state index in [0.717, 1.165) is 12.5 Å². The molecule has 0 bridgehead atoms. The molecule has 2 aliphatic rings. The van der Waals surface area contributed by atoms with E-state index >= 15 is 0 Å². The van der Waals surface area contributed by atoms with Crippen LogP contribution in [0, 0.1) is 5.92 Å². The summed E-state index contributed by atoms with van der Waals surface area (Å²) >= 11 is 1.88. The van der Waals surface area contributed by atoms with Gasteiger partial charge in [0.2, 0.25) is 0 Å². The van der Waals surface area contributed by atoms with Gasteiger partial charge in [0.25, 0.3) is 0 Å². The molecular formula is C12H12N2S. The SMILES string of the molecule is c1ccc2sc([C@@]34CNC[C@@H]3C4)nc2c1. The zero-order chi connectivity index (χ0) is 9.88. The molecular weight excluding hydrogens is 204 g/mol. The van der Waals surface area contributed by atoms with Crippen molar-refractivity contribution in [2.75, 3.05) is 13.1 Å². The Hall–Kier alpha value is -0.930. The van der Waals surface area contributed by atoms with Crippen molar-refractivity contribution in [3.05, 3.63) is 29.3 Å². The Morgan fingerprint density at radius 2 is 2.33 bits per heavy atom. The molecule has 1 saturated carbocycles. The van der Waals surface area contributed by atoms with Gasteiger partial charge in [-0.15, -0.1) is 11.3 Å². The van der Waals surface area contributed by atoms with E-state index in [1.807, 2.05) is 11.3 Å². The summed E-state index contributed by atoms with van der Waals surface area (Å²) in [5.41, 5.74) is 1.59. The molecule has 2 heterocycles. The van der Waals surface area contributed by atoms with Crippen molar-refractivity contribution in [3.8, 4) is 0 Å². The summed E-state index contributed by atoms with van der Waals surface area (Å²) in [6, 6.07) is 8.46. The molecule has 2 atom stereocenters. The Morgan fingerprint density at radius 3 is 3.07 bits per heavy atom. The Morgan fingerprint density at radius 1 is 1.40 bits per heavy atom. The van der Waals surface area contributed by atoms with E-state index in [1.54, 1.807) is 0 Å². The third-order valence-electron chi connectivity index (χ3n) is 3.78. The average Bonchev–Trinajstić information content (AvgIpc) is 2.68. The van der Waals surface area contributed by atoms with E-state index in [1.165, 1.54) is 28.2 Å². The fourth-order valence-corrected chi connectivity index (χ4v) is 4.00. The molecule has 15 heavy (non-hydrogen) atoms. The number of aromatic nitrogens is 1. The summed E-state index contributed by atoms with van der Waals surface area (Å²) in [4.78, 5) is 4.79. The predicted octanol–water partition coefficient (Wildman–Crippen LogP) is 2.16. The number of rotatable bonds is 1. The first-order chi connectivity index (χ1) is 7.38. The van der Waals surface area contributed by atoms with Gasteiger partial charge in [-0.3, -0.25) is 0 Å². The number of benzene rings is 1. The van der Waals surface area contributed by atoms with Gasteiger partial charge < -0.3 is 5.32 Å². The van der Waals surface area contributed by atoms with Crippen LogP contribution in [0.3, 0.4) is 0 Å². The lowest BCUT2D eigenvalue weighted by Crippen LogP contribution is -2.18. The molecule has 3 heteroatoms. The van der Waals surface area contributed by atoms with Crippen molar-refractivity contribution < 1.29 is 0 Å². The van der Waals surface area contributed by atoms with Crippen LogP contribution in [-0.2, 0) is 5.41 Å². The monoisotopic (exact) mass is 216 g/mol. The van der Waals surface area contributed by atoms with Crippen LogP contribution in [0.15, 0.2) is 24.3 Å². The zero-order valence-corrected chi connectivity index (χ0v) is 9.18. The van der Waals surface area contributed by atoms with Crippen molar-refractivity contribution in [1.29, 1.82) is 0 Å². The molecule has 76 valence electrons. The van der Waals surface area contributed by atoms with Gasteiger partial charge in [-0.1, -0.05) is 12.1 Å². The number of thiazole rings is 1. The van der Waals surface area contributed by atoms with E-state index in [-0.39, 0.29) is 0 Å². The number of fused-ring (bicyclic) bond motifs is 2. The predicted molar refractivity (Wildman–Crippen MR) is 62.3 cm³/mol. The highest BCUT2D eigenvalue weighted by Gasteiger charge is 2.60. The molecule has 1 aliphatic heterocycles. The number of nitrogens with one attached hydrogen (secondary N) is 1. The highest BCUT2D eigenvalue weighted by Crippen LogP contribution is 2.57. The van der Waals surface area contributed by atoms with Gasteiger partial charge in [0, 0.05) is 12.0 Å². The van der Waals surface area contributed by atoms with E-state index in [9.17, 15) is 0 Å². The van der Waals surface area contributed by atoms with Crippen molar-refractivity contribution in [1.82, 2.24) is 10.3 Å². The summed E-state index contributed by atoms with van der Waals surface area (Å²) in [6.45, 7) is 2.33. The Balaban J connectivity index is 1.89.